The summed E-state index contributed by atoms with van der Waals surface area (Å²) < 4.78 is 19.5. The van der Waals surface area contributed by atoms with Gasteiger partial charge in [-0.1, -0.05) is 11.8 Å². The molecule has 17 heavy (non-hydrogen) atoms. The fourth-order valence-electron chi connectivity index (χ4n) is 1.96. The number of halogens is 1. The van der Waals surface area contributed by atoms with Crippen LogP contribution in [0.2, 0.25) is 0 Å². The number of nitrogens with zero attached hydrogens (tertiary/aromatic N) is 2. The van der Waals surface area contributed by atoms with E-state index in [1.54, 1.807) is 4.90 Å². The van der Waals surface area contributed by atoms with E-state index in [0.29, 0.717) is 5.17 Å². The Morgan fingerprint density at radius 3 is 2.71 bits per heavy atom. The number of aliphatic hydroxyl groups excluding tert-OH is 2. The Morgan fingerprint density at radius 1 is 1.53 bits per heavy atom. The molecule has 0 aromatic rings. The van der Waals surface area contributed by atoms with Crippen molar-refractivity contribution in [3.05, 3.63) is 0 Å². The molecule has 2 N–H and O–H groups in total. The smallest absolute Gasteiger partial charge is 0.161 e. The van der Waals surface area contributed by atoms with Crippen molar-refractivity contribution in [2.45, 2.75) is 42.9 Å². The Hall–Kier alpha value is -0.370. The fraction of sp³-hybridized carbons (Fsp3) is 0.900. The standard InChI is InChI=1S/C10H17FN2O3S/c1-4(14)8-7(15)5(11)6-9(16-8)17-10(12-6)13(2)3/h4-9,14-15H,1-3H3/t4-,5?,6?,7?,8?,9?/m0/s1. The van der Waals surface area contributed by atoms with Crippen LogP contribution in [0.15, 0.2) is 4.99 Å². The highest BCUT2D eigenvalue weighted by Gasteiger charge is 2.50. The van der Waals surface area contributed by atoms with Crippen molar-refractivity contribution in [3.63, 3.8) is 0 Å². The van der Waals surface area contributed by atoms with Gasteiger partial charge >= 0.3 is 0 Å². The van der Waals surface area contributed by atoms with Gasteiger partial charge in [0.05, 0.1) is 6.10 Å². The van der Waals surface area contributed by atoms with Crippen LogP contribution in [0.1, 0.15) is 6.92 Å². The van der Waals surface area contributed by atoms with Crippen LogP contribution in [-0.4, -0.2) is 70.3 Å². The Kier molecular flexibility index (Phi) is 3.63. The molecule has 2 aliphatic rings. The van der Waals surface area contributed by atoms with Gasteiger partial charge in [-0.05, 0) is 6.92 Å². The van der Waals surface area contributed by atoms with Crippen molar-refractivity contribution in [1.29, 1.82) is 0 Å². The zero-order valence-electron chi connectivity index (χ0n) is 9.95. The van der Waals surface area contributed by atoms with E-state index in [2.05, 4.69) is 4.99 Å². The number of ether oxygens (including phenoxy) is 1. The zero-order valence-corrected chi connectivity index (χ0v) is 10.8. The number of alkyl halides is 1. The van der Waals surface area contributed by atoms with Gasteiger partial charge in [-0.25, -0.2) is 4.39 Å². The molecule has 2 heterocycles. The minimum atomic E-state index is -1.50. The van der Waals surface area contributed by atoms with Gasteiger partial charge in [0.15, 0.2) is 11.3 Å². The van der Waals surface area contributed by atoms with E-state index < -0.39 is 36.0 Å². The third-order valence-electron chi connectivity index (χ3n) is 2.90. The summed E-state index contributed by atoms with van der Waals surface area (Å²) in [5.41, 5.74) is -0.467. The second-order valence-corrected chi connectivity index (χ2v) is 5.62. The highest BCUT2D eigenvalue weighted by molar-refractivity contribution is 8.14. The lowest BCUT2D eigenvalue weighted by molar-refractivity contribution is -0.165. The van der Waals surface area contributed by atoms with E-state index in [0.717, 1.165) is 0 Å². The number of aliphatic imine (C=N–C) groups is 1. The molecular weight excluding hydrogens is 247 g/mol. The fourth-order valence-corrected chi connectivity index (χ4v) is 3.10. The Balaban J connectivity index is 2.15. The SMILES string of the molecule is C[C@H](O)C1OC2SC(N(C)C)=NC2C(F)C1O. The average Bonchev–Trinajstić information content (AvgIpc) is 2.67. The summed E-state index contributed by atoms with van der Waals surface area (Å²) >= 11 is 1.32. The molecule has 0 bridgehead atoms. The Morgan fingerprint density at radius 2 is 2.18 bits per heavy atom. The first-order valence-corrected chi connectivity index (χ1v) is 6.37. The lowest BCUT2D eigenvalue weighted by atomic mass is 9.97. The van der Waals surface area contributed by atoms with Gasteiger partial charge in [-0.15, -0.1) is 0 Å². The van der Waals surface area contributed by atoms with Gasteiger partial charge in [0.1, 0.15) is 23.7 Å². The molecule has 2 rings (SSSR count). The third kappa shape index (κ3) is 2.29. The van der Waals surface area contributed by atoms with Gasteiger partial charge in [-0.3, -0.25) is 4.99 Å². The summed E-state index contributed by atoms with van der Waals surface area (Å²) in [5, 5.41) is 19.9. The third-order valence-corrected chi connectivity index (χ3v) is 4.20. The van der Waals surface area contributed by atoms with E-state index in [1.807, 2.05) is 14.1 Å². The van der Waals surface area contributed by atoms with E-state index in [-0.39, 0.29) is 0 Å². The molecule has 0 aromatic heterocycles. The number of hydrogen-bond acceptors (Lipinski definition) is 6. The number of thioether (sulfide) groups is 1. The van der Waals surface area contributed by atoms with Crippen LogP contribution in [0.5, 0.6) is 0 Å². The molecule has 1 fully saturated rings. The first-order chi connectivity index (χ1) is 7.91. The largest absolute Gasteiger partial charge is 0.391 e. The normalized spacial score (nSPS) is 42.9. The van der Waals surface area contributed by atoms with Crippen LogP contribution in [0.3, 0.4) is 0 Å². The molecule has 0 spiro atoms. The number of rotatable bonds is 1. The first-order valence-electron chi connectivity index (χ1n) is 5.49. The molecule has 98 valence electrons. The van der Waals surface area contributed by atoms with Crippen LogP contribution in [-0.2, 0) is 4.74 Å². The summed E-state index contributed by atoms with van der Waals surface area (Å²) in [5.74, 6) is 0. The molecule has 0 saturated carbocycles. The van der Waals surface area contributed by atoms with Crippen molar-refractivity contribution in [1.82, 2.24) is 4.90 Å². The molecule has 0 radical (unpaired) electrons. The van der Waals surface area contributed by atoms with Crippen molar-refractivity contribution in [2.75, 3.05) is 14.1 Å². The molecule has 0 amide bonds. The van der Waals surface area contributed by atoms with Gasteiger partial charge in [0.25, 0.3) is 0 Å². The summed E-state index contributed by atoms with van der Waals surface area (Å²) in [6.07, 6.45) is -4.64. The molecule has 1 saturated heterocycles. The quantitative estimate of drug-likeness (QED) is 0.688. The van der Waals surface area contributed by atoms with E-state index in [4.69, 9.17) is 4.74 Å². The van der Waals surface area contributed by atoms with Crippen LogP contribution in [0.25, 0.3) is 0 Å². The van der Waals surface area contributed by atoms with Crippen molar-refractivity contribution >= 4 is 16.9 Å². The highest BCUT2D eigenvalue weighted by Crippen LogP contribution is 2.38. The Bertz CT molecular complexity index is 327. The maximum Gasteiger partial charge on any atom is 0.161 e. The van der Waals surface area contributed by atoms with E-state index >= 15 is 0 Å². The second-order valence-electron chi connectivity index (χ2n) is 4.56. The van der Waals surface area contributed by atoms with Gasteiger partial charge in [0, 0.05) is 14.1 Å². The zero-order chi connectivity index (χ0) is 12.7. The van der Waals surface area contributed by atoms with Crippen molar-refractivity contribution in [3.8, 4) is 0 Å². The predicted molar refractivity (Wildman–Crippen MR) is 63.7 cm³/mol. The van der Waals surface area contributed by atoms with Crippen LogP contribution < -0.4 is 0 Å². The molecule has 5 nitrogen and oxygen atoms in total. The van der Waals surface area contributed by atoms with Crippen molar-refractivity contribution < 1.29 is 19.3 Å². The van der Waals surface area contributed by atoms with Gasteiger partial charge in [-0.2, -0.15) is 0 Å². The topological polar surface area (TPSA) is 65.3 Å². The number of amidine groups is 1. The number of hydrogen-bond donors (Lipinski definition) is 2. The molecule has 0 aliphatic carbocycles. The lowest BCUT2D eigenvalue weighted by Gasteiger charge is -2.38. The van der Waals surface area contributed by atoms with Gasteiger partial charge in [0.2, 0.25) is 0 Å². The van der Waals surface area contributed by atoms with Crippen molar-refractivity contribution in [2.24, 2.45) is 4.99 Å². The van der Waals surface area contributed by atoms with Gasteiger partial charge < -0.3 is 19.8 Å². The van der Waals surface area contributed by atoms with Crippen LogP contribution >= 0.6 is 11.8 Å². The molecule has 7 heteroatoms. The average molecular weight is 264 g/mol. The Labute approximate surface area is 104 Å². The second kappa shape index (κ2) is 4.72. The van der Waals surface area contributed by atoms with Crippen LogP contribution in [0, 0.1) is 0 Å². The minimum Gasteiger partial charge on any atom is -0.391 e. The molecule has 0 aromatic carbocycles. The summed E-state index contributed by atoms with van der Waals surface area (Å²) in [6.45, 7) is 1.48. The maximum atomic E-state index is 14.0. The van der Waals surface area contributed by atoms with E-state index in [1.165, 1.54) is 18.7 Å². The summed E-state index contributed by atoms with van der Waals surface area (Å²) in [7, 11) is 3.64. The number of aliphatic hydroxyl groups is 2. The molecular formula is C10H17FN2O3S. The highest BCUT2D eigenvalue weighted by atomic mass is 32.2. The molecule has 5 unspecified atom stereocenters. The summed E-state index contributed by atoms with van der Waals surface area (Å²) in [4.78, 5) is 5.98. The molecule has 2 aliphatic heterocycles. The molecule has 6 atom stereocenters. The van der Waals surface area contributed by atoms with Crippen LogP contribution in [0.4, 0.5) is 4.39 Å². The number of fused-ring (bicyclic) bond motifs is 1. The minimum absolute atomic E-state index is 0.467. The monoisotopic (exact) mass is 264 g/mol. The first kappa shape index (κ1) is 13.1. The maximum absolute atomic E-state index is 14.0. The van der Waals surface area contributed by atoms with E-state index in [9.17, 15) is 14.6 Å². The predicted octanol–water partition coefficient (Wildman–Crippen LogP) is -0.176. The lowest BCUT2D eigenvalue weighted by Crippen LogP contribution is -2.56. The summed E-state index contributed by atoms with van der Waals surface area (Å²) in [6, 6.07) is -0.692.